The molecule has 0 saturated heterocycles. The molecule has 0 fully saturated rings. The third kappa shape index (κ3) is 3.23. The molecule has 2 aromatic rings. The van der Waals surface area contributed by atoms with Gasteiger partial charge in [0.05, 0.1) is 15.2 Å². The van der Waals surface area contributed by atoms with E-state index in [0.29, 0.717) is 15.7 Å². The minimum absolute atomic E-state index is 0.465. The summed E-state index contributed by atoms with van der Waals surface area (Å²) in [7, 11) is 0. The number of thiocarbonyl (C=S) groups is 1. The molecule has 4 heteroatoms. The van der Waals surface area contributed by atoms with Crippen LogP contribution in [0.5, 0.6) is 0 Å². The Morgan fingerprint density at radius 3 is 2.11 bits per heavy atom. The molecule has 0 unspecified atom stereocenters. The second kappa shape index (κ2) is 6.31. The topological polar surface area (TPSA) is 12.4 Å². The first-order valence-corrected chi connectivity index (χ1v) is 6.98. The maximum atomic E-state index is 6.16. The zero-order valence-electron chi connectivity index (χ0n) is 10.3. The molecule has 0 atom stereocenters. The summed E-state index contributed by atoms with van der Waals surface area (Å²) >= 11 is 16.9. The number of aryl methyl sites for hydroxylation is 1. The highest BCUT2D eigenvalue weighted by Gasteiger charge is 2.08. The predicted octanol–water partition coefficient (Wildman–Crippen LogP) is 5.96. The summed E-state index contributed by atoms with van der Waals surface area (Å²) in [4.78, 5) is 3.87. The lowest BCUT2D eigenvalue weighted by molar-refractivity contribution is 1.14. The molecular weight excluding hydrogens is 297 g/mol. The number of halogens is 2. The molecular formula is C15H11Cl2NS. The van der Waals surface area contributed by atoms with Crippen molar-refractivity contribution < 1.29 is 0 Å². The molecule has 0 amide bonds. The summed E-state index contributed by atoms with van der Waals surface area (Å²) in [6, 6.07) is 12.0. The van der Waals surface area contributed by atoms with Gasteiger partial charge in [0, 0.05) is 0 Å². The molecule has 0 aromatic heterocycles. The molecule has 0 heterocycles. The van der Waals surface area contributed by atoms with Crippen LogP contribution in [-0.2, 0) is 6.42 Å². The fourth-order valence-electron chi connectivity index (χ4n) is 1.82. The van der Waals surface area contributed by atoms with Gasteiger partial charge in [-0.25, -0.2) is 0 Å². The third-order valence-corrected chi connectivity index (χ3v) is 3.54. The van der Waals surface area contributed by atoms with E-state index < -0.39 is 0 Å². The fraction of sp³-hybridized carbons (Fsp3) is 0.133. The van der Waals surface area contributed by atoms with Crippen LogP contribution in [0.1, 0.15) is 12.5 Å². The van der Waals surface area contributed by atoms with Gasteiger partial charge in [0.25, 0.3) is 0 Å². The van der Waals surface area contributed by atoms with Gasteiger partial charge >= 0.3 is 0 Å². The highest BCUT2D eigenvalue weighted by Crippen LogP contribution is 2.37. The van der Waals surface area contributed by atoms with Crippen molar-refractivity contribution in [1.29, 1.82) is 0 Å². The van der Waals surface area contributed by atoms with Gasteiger partial charge in [-0.05, 0) is 47.5 Å². The van der Waals surface area contributed by atoms with Crippen LogP contribution in [0.15, 0.2) is 41.4 Å². The Morgan fingerprint density at radius 1 is 1.05 bits per heavy atom. The van der Waals surface area contributed by atoms with E-state index in [0.717, 1.165) is 17.5 Å². The molecule has 0 N–H and O–H groups in total. The van der Waals surface area contributed by atoms with Crippen molar-refractivity contribution in [2.24, 2.45) is 4.99 Å². The number of benzene rings is 2. The van der Waals surface area contributed by atoms with E-state index in [2.05, 4.69) is 53.6 Å². The first-order valence-electron chi connectivity index (χ1n) is 5.82. The van der Waals surface area contributed by atoms with Gasteiger partial charge in [-0.15, -0.1) is 0 Å². The molecule has 0 bridgehead atoms. The van der Waals surface area contributed by atoms with Crippen molar-refractivity contribution in [1.82, 2.24) is 0 Å². The van der Waals surface area contributed by atoms with Gasteiger partial charge < -0.3 is 0 Å². The zero-order chi connectivity index (χ0) is 13.8. The molecule has 0 aliphatic heterocycles. The highest BCUT2D eigenvalue weighted by atomic mass is 35.5. The SMILES string of the molecule is CCc1ccc(-c2cc(Cl)c(N=C=S)c(Cl)c2)cc1. The van der Waals surface area contributed by atoms with Crippen molar-refractivity contribution in [2.75, 3.05) is 0 Å². The van der Waals surface area contributed by atoms with Crippen LogP contribution in [-0.4, -0.2) is 5.16 Å². The maximum absolute atomic E-state index is 6.16. The number of hydrogen-bond donors (Lipinski definition) is 0. The predicted molar refractivity (Wildman–Crippen MR) is 86.0 cm³/mol. The van der Waals surface area contributed by atoms with Crippen molar-refractivity contribution >= 4 is 46.3 Å². The smallest absolute Gasteiger partial charge is 0.111 e. The highest BCUT2D eigenvalue weighted by molar-refractivity contribution is 7.78. The minimum Gasteiger partial charge on any atom is -0.192 e. The van der Waals surface area contributed by atoms with E-state index in [1.165, 1.54) is 5.56 Å². The van der Waals surface area contributed by atoms with E-state index in [1.807, 2.05) is 12.1 Å². The molecule has 96 valence electrons. The van der Waals surface area contributed by atoms with Gasteiger partial charge in [0.15, 0.2) is 0 Å². The van der Waals surface area contributed by atoms with Crippen LogP contribution in [0.25, 0.3) is 11.1 Å². The number of aliphatic imine (C=N–C) groups is 1. The standard InChI is InChI=1S/C15H11Cl2NS/c1-2-10-3-5-11(6-4-10)12-7-13(16)15(18-9-19)14(17)8-12/h3-8H,2H2,1H3. The number of rotatable bonds is 3. The van der Waals surface area contributed by atoms with Gasteiger partial charge in [-0.1, -0.05) is 54.4 Å². The quantitative estimate of drug-likeness (QED) is 0.503. The maximum Gasteiger partial charge on any atom is 0.111 e. The molecule has 1 nitrogen and oxygen atoms in total. The minimum atomic E-state index is 0.465. The van der Waals surface area contributed by atoms with Crippen molar-refractivity contribution in [3.8, 4) is 11.1 Å². The van der Waals surface area contributed by atoms with Crippen LogP contribution >= 0.6 is 35.4 Å². The summed E-state index contributed by atoms with van der Waals surface area (Å²) in [5.41, 5.74) is 3.79. The van der Waals surface area contributed by atoms with Crippen LogP contribution in [0.2, 0.25) is 10.0 Å². The van der Waals surface area contributed by atoms with E-state index >= 15 is 0 Å². The average Bonchev–Trinajstić information content (AvgIpc) is 2.43. The van der Waals surface area contributed by atoms with Crippen LogP contribution < -0.4 is 0 Å². The number of nitrogens with zero attached hydrogens (tertiary/aromatic N) is 1. The Bertz CT molecular complexity index is 621. The van der Waals surface area contributed by atoms with E-state index in [1.54, 1.807) is 0 Å². The fourth-order valence-corrected chi connectivity index (χ4v) is 2.48. The van der Waals surface area contributed by atoms with E-state index in [-0.39, 0.29) is 0 Å². The Hall–Kier alpha value is -1.18. The van der Waals surface area contributed by atoms with Crippen LogP contribution in [0.4, 0.5) is 5.69 Å². The van der Waals surface area contributed by atoms with Crippen LogP contribution in [0.3, 0.4) is 0 Å². The molecule has 0 radical (unpaired) electrons. The monoisotopic (exact) mass is 307 g/mol. The molecule has 2 aromatic carbocycles. The molecule has 0 spiro atoms. The molecule has 19 heavy (non-hydrogen) atoms. The van der Waals surface area contributed by atoms with Crippen molar-refractivity contribution in [3.05, 3.63) is 52.0 Å². The second-order valence-corrected chi connectivity index (χ2v) is 5.04. The Morgan fingerprint density at radius 2 is 1.63 bits per heavy atom. The van der Waals surface area contributed by atoms with E-state index in [4.69, 9.17) is 23.2 Å². The van der Waals surface area contributed by atoms with E-state index in [9.17, 15) is 0 Å². The first-order chi connectivity index (χ1) is 9.15. The van der Waals surface area contributed by atoms with Gasteiger partial charge in [-0.2, -0.15) is 4.99 Å². The summed E-state index contributed by atoms with van der Waals surface area (Å²) in [6.45, 7) is 2.13. The van der Waals surface area contributed by atoms with Gasteiger partial charge in [-0.3, -0.25) is 0 Å². The summed E-state index contributed by atoms with van der Waals surface area (Å²) < 4.78 is 0. The Labute approximate surface area is 127 Å². The molecule has 0 saturated carbocycles. The lowest BCUT2D eigenvalue weighted by Gasteiger charge is -2.07. The molecule has 0 aliphatic carbocycles. The zero-order valence-corrected chi connectivity index (χ0v) is 12.6. The summed E-state index contributed by atoms with van der Waals surface area (Å²) in [6.07, 6.45) is 1.02. The largest absolute Gasteiger partial charge is 0.192 e. The number of isothiocyanates is 1. The van der Waals surface area contributed by atoms with Crippen molar-refractivity contribution in [2.45, 2.75) is 13.3 Å². The summed E-state index contributed by atoms with van der Waals surface area (Å²) in [5.74, 6) is 0. The Kier molecular flexibility index (Phi) is 4.73. The van der Waals surface area contributed by atoms with Crippen LogP contribution in [0, 0.1) is 0 Å². The lowest BCUT2D eigenvalue weighted by atomic mass is 10.0. The molecule has 0 aliphatic rings. The van der Waals surface area contributed by atoms with Crippen molar-refractivity contribution in [3.63, 3.8) is 0 Å². The first kappa shape index (κ1) is 14.2. The molecule has 2 rings (SSSR count). The van der Waals surface area contributed by atoms with Gasteiger partial charge in [0.2, 0.25) is 0 Å². The average molecular weight is 308 g/mol. The van der Waals surface area contributed by atoms with Gasteiger partial charge in [0.1, 0.15) is 5.69 Å². The normalized spacial score (nSPS) is 10.1. The lowest BCUT2D eigenvalue weighted by Crippen LogP contribution is -1.83. The third-order valence-electron chi connectivity index (χ3n) is 2.87. The Balaban J connectivity index is 2.48. The summed E-state index contributed by atoms with van der Waals surface area (Å²) in [5, 5.41) is 3.22. The second-order valence-electron chi connectivity index (χ2n) is 4.04. The number of hydrogen-bond acceptors (Lipinski definition) is 2.